The van der Waals surface area contributed by atoms with Crippen molar-refractivity contribution in [3.63, 3.8) is 0 Å². The Labute approximate surface area is 105 Å². The minimum Gasteiger partial charge on any atom is -0.324 e. The third kappa shape index (κ3) is 2.83. The first kappa shape index (κ1) is 12.1. The number of hydrogen-bond acceptors (Lipinski definition) is 4. The maximum Gasteiger partial charge on any atom is 0.255 e. The summed E-state index contributed by atoms with van der Waals surface area (Å²) in [7, 11) is 0. The van der Waals surface area contributed by atoms with Crippen molar-refractivity contribution in [3.05, 3.63) is 53.9 Å². The van der Waals surface area contributed by atoms with Crippen molar-refractivity contribution in [3.8, 4) is 0 Å². The minimum absolute atomic E-state index is 0.163. The Hall–Kier alpha value is -2.40. The molecular formula is C13H14N4O. The van der Waals surface area contributed by atoms with Crippen LogP contribution in [0.3, 0.4) is 0 Å². The molecule has 92 valence electrons. The zero-order valence-electron chi connectivity index (χ0n) is 9.97. The van der Waals surface area contributed by atoms with Crippen LogP contribution in [0.25, 0.3) is 0 Å². The van der Waals surface area contributed by atoms with Gasteiger partial charge >= 0.3 is 0 Å². The highest BCUT2D eigenvalue weighted by atomic mass is 16.1. The number of carbonyl (C=O) groups is 1. The monoisotopic (exact) mass is 242 g/mol. The van der Waals surface area contributed by atoms with Gasteiger partial charge in [0.15, 0.2) is 0 Å². The van der Waals surface area contributed by atoms with E-state index in [0.29, 0.717) is 5.56 Å². The molecule has 0 aliphatic rings. The van der Waals surface area contributed by atoms with Crippen LogP contribution in [0.15, 0.2) is 42.6 Å². The second kappa shape index (κ2) is 5.29. The number of carbonyl (C=O) groups excluding carboxylic acids is 1. The van der Waals surface area contributed by atoms with Crippen LogP contribution in [0.1, 0.15) is 16.1 Å². The zero-order valence-corrected chi connectivity index (χ0v) is 9.97. The Morgan fingerprint density at radius 2 is 1.89 bits per heavy atom. The van der Waals surface area contributed by atoms with Crippen molar-refractivity contribution in [2.24, 2.45) is 5.84 Å². The maximum absolute atomic E-state index is 11.9. The van der Waals surface area contributed by atoms with Crippen molar-refractivity contribution >= 4 is 17.3 Å². The van der Waals surface area contributed by atoms with Crippen LogP contribution in [0.5, 0.6) is 0 Å². The van der Waals surface area contributed by atoms with Crippen molar-refractivity contribution < 1.29 is 4.79 Å². The lowest BCUT2D eigenvalue weighted by molar-refractivity contribution is 0.102. The molecule has 0 radical (unpaired) electrons. The van der Waals surface area contributed by atoms with Crippen LogP contribution in [-0.2, 0) is 0 Å². The quantitative estimate of drug-likeness (QED) is 0.567. The second-order valence-corrected chi connectivity index (χ2v) is 3.86. The predicted molar refractivity (Wildman–Crippen MR) is 71.2 cm³/mol. The number of rotatable bonds is 3. The molecule has 0 unspecified atom stereocenters. The number of amides is 1. The number of nitrogens with zero attached hydrogens (tertiary/aromatic N) is 1. The summed E-state index contributed by atoms with van der Waals surface area (Å²) >= 11 is 0. The van der Waals surface area contributed by atoms with Crippen LogP contribution < -0.4 is 16.6 Å². The molecule has 0 spiro atoms. The summed E-state index contributed by atoms with van der Waals surface area (Å²) < 4.78 is 0. The third-order valence-electron chi connectivity index (χ3n) is 2.47. The first-order valence-electron chi connectivity index (χ1n) is 5.50. The number of hydrazine groups is 1. The van der Waals surface area contributed by atoms with Gasteiger partial charge in [-0.05, 0) is 43.3 Å². The Morgan fingerprint density at radius 3 is 2.50 bits per heavy atom. The lowest BCUT2D eigenvalue weighted by Gasteiger charge is -2.06. The molecule has 1 aromatic carbocycles. The molecule has 1 amide bonds. The number of nitrogen functional groups attached to an aromatic ring is 1. The third-order valence-corrected chi connectivity index (χ3v) is 2.47. The Balaban J connectivity index is 2.11. The van der Waals surface area contributed by atoms with E-state index in [1.54, 1.807) is 36.5 Å². The molecule has 2 rings (SSSR count). The van der Waals surface area contributed by atoms with E-state index < -0.39 is 0 Å². The largest absolute Gasteiger partial charge is 0.324 e. The van der Waals surface area contributed by atoms with E-state index in [1.807, 2.05) is 13.0 Å². The van der Waals surface area contributed by atoms with Crippen LogP contribution in [-0.4, -0.2) is 10.9 Å². The molecular weight excluding hydrogens is 228 g/mol. The van der Waals surface area contributed by atoms with Gasteiger partial charge in [-0.2, -0.15) is 0 Å². The van der Waals surface area contributed by atoms with Gasteiger partial charge in [-0.3, -0.25) is 15.6 Å². The number of nitrogens with two attached hydrogens (primary N) is 1. The van der Waals surface area contributed by atoms with E-state index in [4.69, 9.17) is 5.84 Å². The van der Waals surface area contributed by atoms with Crippen molar-refractivity contribution in [2.45, 2.75) is 6.92 Å². The van der Waals surface area contributed by atoms with Gasteiger partial charge in [-0.15, -0.1) is 0 Å². The topological polar surface area (TPSA) is 80.0 Å². The van der Waals surface area contributed by atoms with E-state index in [-0.39, 0.29) is 5.91 Å². The fourth-order valence-electron chi connectivity index (χ4n) is 1.54. The van der Waals surface area contributed by atoms with Crippen molar-refractivity contribution in [2.75, 3.05) is 10.7 Å². The zero-order chi connectivity index (χ0) is 13.0. The summed E-state index contributed by atoms with van der Waals surface area (Å²) in [6.07, 6.45) is 1.66. The molecule has 5 heteroatoms. The summed E-state index contributed by atoms with van der Waals surface area (Å²) in [5.41, 5.74) is 5.43. The molecule has 2 aromatic rings. The molecule has 0 fully saturated rings. The average molecular weight is 242 g/mol. The average Bonchev–Trinajstić information content (AvgIpc) is 2.39. The number of hydrogen-bond donors (Lipinski definition) is 3. The van der Waals surface area contributed by atoms with E-state index in [0.717, 1.165) is 17.1 Å². The standard InChI is InChI=1S/C13H14N4O/c1-9-8-12(6-7-15-9)16-13(18)10-2-4-11(17-14)5-3-10/h2-8,17H,14H2,1H3,(H,15,16,18). The molecule has 0 saturated carbocycles. The number of anilines is 2. The molecule has 1 aromatic heterocycles. The van der Waals surface area contributed by atoms with E-state index in [2.05, 4.69) is 15.7 Å². The van der Waals surface area contributed by atoms with Gasteiger partial charge in [-0.1, -0.05) is 0 Å². The fourth-order valence-corrected chi connectivity index (χ4v) is 1.54. The number of aromatic nitrogens is 1. The Bertz CT molecular complexity index is 551. The number of benzene rings is 1. The predicted octanol–water partition coefficient (Wildman–Crippen LogP) is 1.93. The summed E-state index contributed by atoms with van der Waals surface area (Å²) in [5.74, 6) is 5.10. The van der Waals surface area contributed by atoms with Gasteiger partial charge in [0.05, 0.1) is 0 Å². The second-order valence-electron chi connectivity index (χ2n) is 3.86. The molecule has 0 atom stereocenters. The first-order valence-corrected chi connectivity index (χ1v) is 5.50. The molecule has 0 aliphatic heterocycles. The van der Waals surface area contributed by atoms with Gasteiger partial charge in [0.1, 0.15) is 0 Å². The number of nitrogens with one attached hydrogen (secondary N) is 2. The molecule has 4 N–H and O–H groups in total. The molecule has 18 heavy (non-hydrogen) atoms. The highest BCUT2D eigenvalue weighted by molar-refractivity contribution is 6.04. The normalized spacial score (nSPS) is 9.89. The number of pyridine rings is 1. The van der Waals surface area contributed by atoms with E-state index in [1.165, 1.54) is 0 Å². The smallest absolute Gasteiger partial charge is 0.255 e. The van der Waals surface area contributed by atoms with Crippen LogP contribution >= 0.6 is 0 Å². The Kier molecular flexibility index (Phi) is 3.54. The summed E-state index contributed by atoms with van der Waals surface area (Å²) in [6, 6.07) is 10.5. The van der Waals surface area contributed by atoms with Gasteiger partial charge in [0, 0.05) is 28.8 Å². The van der Waals surface area contributed by atoms with Crippen LogP contribution in [0, 0.1) is 6.92 Å². The highest BCUT2D eigenvalue weighted by Gasteiger charge is 2.05. The van der Waals surface area contributed by atoms with Crippen LogP contribution in [0.2, 0.25) is 0 Å². The van der Waals surface area contributed by atoms with Crippen molar-refractivity contribution in [1.29, 1.82) is 0 Å². The molecule has 1 heterocycles. The fraction of sp³-hybridized carbons (Fsp3) is 0.0769. The molecule has 0 saturated heterocycles. The van der Waals surface area contributed by atoms with E-state index >= 15 is 0 Å². The van der Waals surface area contributed by atoms with Gasteiger partial charge < -0.3 is 10.7 Å². The Morgan fingerprint density at radius 1 is 1.17 bits per heavy atom. The van der Waals surface area contributed by atoms with Gasteiger partial charge in [0.2, 0.25) is 0 Å². The molecule has 0 aliphatic carbocycles. The highest BCUT2D eigenvalue weighted by Crippen LogP contribution is 2.12. The maximum atomic E-state index is 11.9. The SMILES string of the molecule is Cc1cc(NC(=O)c2ccc(NN)cc2)ccn1. The van der Waals surface area contributed by atoms with Crippen LogP contribution in [0.4, 0.5) is 11.4 Å². The van der Waals surface area contributed by atoms with E-state index in [9.17, 15) is 4.79 Å². The molecule has 5 nitrogen and oxygen atoms in total. The summed E-state index contributed by atoms with van der Waals surface area (Å²) in [4.78, 5) is 16.0. The molecule has 0 bridgehead atoms. The summed E-state index contributed by atoms with van der Waals surface area (Å²) in [6.45, 7) is 1.87. The van der Waals surface area contributed by atoms with Gasteiger partial charge in [0.25, 0.3) is 5.91 Å². The number of aryl methyl sites for hydroxylation is 1. The first-order chi connectivity index (χ1) is 8.69. The lowest BCUT2D eigenvalue weighted by atomic mass is 10.2. The minimum atomic E-state index is -0.163. The van der Waals surface area contributed by atoms with Gasteiger partial charge in [-0.25, -0.2) is 0 Å². The lowest BCUT2D eigenvalue weighted by Crippen LogP contribution is -2.12. The summed E-state index contributed by atoms with van der Waals surface area (Å²) in [5, 5.41) is 2.81. The van der Waals surface area contributed by atoms with Crippen molar-refractivity contribution in [1.82, 2.24) is 4.98 Å².